The molecule has 1 fully saturated rings. The van der Waals surface area contributed by atoms with Crippen molar-refractivity contribution in [1.82, 2.24) is 9.80 Å². The summed E-state index contributed by atoms with van der Waals surface area (Å²) in [6, 6.07) is -0.0142. The lowest BCUT2D eigenvalue weighted by molar-refractivity contribution is -0.150. The molecule has 0 radical (unpaired) electrons. The Hall–Kier alpha value is -1.30. The summed E-state index contributed by atoms with van der Waals surface area (Å²) in [4.78, 5) is 27.0. The van der Waals surface area contributed by atoms with Gasteiger partial charge in [-0.15, -0.1) is 0 Å². The van der Waals surface area contributed by atoms with E-state index in [1.807, 2.05) is 13.8 Å². The first-order valence-electron chi connectivity index (χ1n) is 7.29. The van der Waals surface area contributed by atoms with Gasteiger partial charge in [0, 0.05) is 32.8 Å². The van der Waals surface area contributed by atoms with Crippen LogP contribution < -0.4 is 0 Å². The monoisotopic (exact) mass is 286 g/mol. The molecule has 20 heavy (non-hydrogen) atoms. The van der Waals surface area contributed by atoms with Crippen molar-refractivity contribution in [2.75, 3.05) is 39.4 Å². The summed E-state index contributed by atoms with van der Waals surface area (Å²) in [6.45, 7) is 9.03. The fraction of sp³-hybridized carbons (Fsp3) is 0.857. The van der Waals surface area contributed by atoms with Gasteiger partial charge in [-0.25, -0.2) is 4.79 Å². The summed E-state index contributed by atoms with van der Waals surface area (Å²) in [5.41, 5.74) is -0.695. The second-order valence-electron chi connectivity index (χ2n) is 5.41. The SMILES string of the molecule is CCOCCN(CC)C(=O)N1CCC(C)(C(=O)O)CC1. The van der Waals surface area contributed by atoms with Crippen molar-refractivity contribution in [2.24, 2.45) is 5.41 Å². The third kappa shape index (κ3) is 4.10. The molecular formula is C14H26N2O4. The summed E-state index contributed by atoms with van der Waals surface area (Å²) in [6.07, 6.45) is 1.02. The molecule has 0 aromatic carbocycles. The van der Waals surface area contributed by atoms with Gasteiger partial charge in [0.2, 0.25) is 0 Å². The molecule has 0 atom stereocenters. The first-order valence-corrected chi connectivity index (χ1v) is 7.29. The minimum absolute atomic E-state index is 0.0142. The van der Waals surface area contributed by atoms with Crippen LogP contribution in [0.4, 0.5) is 4.79 Å². The smallest absolute Gasteiger partial charge is 0.320 e. The molecule has 6 heteroatoms. The van der Waals surface area contributed by atoms with Crippen LogP contribution in [-0.4, -0.2) is 66.3 Å². The number of carbonyl (C=O) groups is 2. The van der Waals surface area contributed by atoms with Gasteiger partial charge in [-0.3, -0.25) is 4.79 Å². The third-order valence-corrected chi connectivity index (χ3v) is 4.02. The molecule has 1 heterocycles. The largest absolute Gasteiger partial charge is 0.481 e. The average molecular weight is 286 g/mol. The van der Waals surface area contributed by atoms with E-state index in [2.05, 4.69) is 0 Å². The van der Waals surface area contributed by atoms with E-state index in [0.29, 0.717) is 52.2 Å². The number of rotatable bonds is 6. The molecule has 1 rings (SSSR count). The third-order valence-electron chi connectivity index (χ3n) is 4.02. The highest BCUT2D eigenvalue weighted by Crippen LogP contribution is 2.31. The lowest BCUT2D eigenvalue weighted by Gasteiger charge is -2.38. The van der Waals surface area contributed by atoms with Gasteiger partial charge in [-0.2, -0.15) is 0 Å². The number of carboxylic acid groups (broad SMARTS) is 1. The molecule has 0 aliphatic carbocycles. The maximum atomic E-state index is 12.4. The summed E-state index contributed by atoms with van der Waals surface area (Å²) in [5.74, 6) is -0.770. The Kier molecular flexibility index (Phi) is 6.26. The van der Waals surface area contributed by atoms with Crippen LogP contribution in [0.5, 0.6) is 0 Å². The molecule has 6 nitrogen and oxygen atoms in total. The minimum atomic E-state index is -0.770. The van der Waals surface area contributed by atoms with Crippen molar-refractivity contribution in [1.29, 1.82) is 0 Å². The van der Waals surface area contributed by atoms with E-state index >= 15 is 0 Å². The lowest BCUT2D eigenvalue weighted by Crippen LogP contribution is -2.50. The molecule has 2 amide bonds. The number of hydrogen-bond acceptors (Lipinski definition) is 3. The van der Waals surface area contributed by atoms with E-state index in [-0.39, 0.29) is 6.03 Å². The van der Waals surface area contributed by atoms with E-state index in [0.717, 1.165) is 0 Å². The Labute approximate surface area is 120 Å². The van der Waals surface area contributed by atoms with E-state index in [1.165, 1.54) is 0 Å². The van der Waals surface area contributed by atoms with E-state index in [4.69, 9.17) is 4.74 Å². The van der Waals surface area contributed by atoms with Crippen molar-refractivity contribution in [3.63, 3.8) is 0 Å². The van der Waals surface area contributed by atoms with Crippen LogP contribution in [0.25, 0.3) is 0 Å². The number of likely N-dealkylation sites (N-methyl/N-ethyl adjacent to an activating group) is 1. The minimum Gasteiger partial charge on any atom is -0.481 e. The van der Waals surface area contributed by atoms with Crippen molar-refractivity contribution >= 4 is 12.0 Å². The van der Waals surface area contributed by atoms with Crippen LogP contribution in [0.3, 0.4) is 0 Å². The molecule has 0 unspecified atom stereocenters. The maximum Gasteiger partial charge on any atom is 0.320 e. The predicted octanol–water partition coefficient (Wildman–Crippen LogP) is 1.65. The number of likely N-dealkylation sites (tertiary alicyclic amines) is 1. The van der Waals surface area contributed by atoms with Gasteiger partial charge in [0.15, 0.2) is 0 Å². The number of ether oxygens (including phenoxy) is 1. The van der Waals surface area contributed by atoms with Crippen molar-refractivity contribution in [3.05, 3.63) is 0 Å². The molecule has 116 valence electrons. The number of carboxylic acids is 1. The number of hydrogen-bond donors (Lipinski definition) is 1. The van der Waals surface area contributed by atoms with Gasteiger partial charge >= 0.3 is 12.0 Å². The lowest BCUT2D eigenvalue weighted by atomic mass is 9.80. The van der Waals surface area contributed by atoms with Gasteiger partial charge in [-0.1, -0.05) is 0 Å². The van der Waals surface area contributed by atoms with Crippen LogP contribution in [0.2, 0.25) is 0 Å². The number of amides is 2. The molecule has 1 N–H and O–H groups in total. The molecule has 0 bridgehead atoms. The van der Waals surface area contributed by atoms with Crippen molar-refractivity contribution < 1.29 is 19.4 Å². The van der Waals surface area contributed by atoms with E-state index in [1.54, 1.807) is 16.7 Å². The maximum absolute atomic E-state index is 12.4. The Morgan fingerprint density at radius 3 is 2.35 bits per heavy atom. The van der Waals surface area contributed by atoms with Gasteiger partial charge in [-0.05, 0) is 33.6 Å². The first-order chi connectivity index (χ1) is 9.44. The van der Waals surface area contributed by atoms with Crippen LogP contribution in [0, 0.1) is 5.41 Å². The predicted molar refractivity (Wildman–Crippen MR) is 75.7 cm³/mol. The summed E-state index contributed by atoms with van der Waals surface area (Å²) in [5, 5.41) is 9.19. The van der Waals surface area contributed by atoms with Gasteiger partial charge in [0.25, 0.3) is 0 Å². The van der Waals surface area contributed by atoms with E-state index in [9.17, 15) is 14.7 Å². The summed E-state index contributed by atoms with van der Waals surface area (Å²) < 4.78 is 5.28. The zero-order chi connectivity index (χ0) is 15.2. The Morgan fingerprint density at radius 1 is 1.30 bits per heavy atom. The highest BCUT2D eigenvalue weighted by molar-refractivity contribution is 5.77. The average Bonchev–Trinajstić information content (AvgIpc) is 2.44. The highest BCUT2D eigenvalue weighted by Gasteiger charge is 2.38. The number of aliphatic carboxylic acids is 1. The van der Waals surface area contributed by atoms with Crippen LogP contribution in [0.15, 0.2) is 0 Å². The van der Waals surface area contributed by atoms with E-state index < -0.39 is 11.4 Å². The number of nitrogens with zero attached hydrogens (tertiary/aromatic N) is 2. The summed E-state index contributed by atoms with van der Waals surface area (Å²) in [7, 11) is 0. The molecule has 1 aliphatic heterocycles. The zero-order valence-corrected chi connectivity index (χ0v) is 12.7. The van der Waals surface area contributed by atoms with Crippen LogP contribution in [-0.2, 0) is 9.53 Å². The standard InChI is InChI=1S/C14H26N2O4/c1-4-15(10-11-20-5-2)13(19)16-8-6-14(3,7-9-16)12(17)18/h4-11H2,1-3H3,(H,17,18). The fourth-order valence-electron chi connectivity index (χ4n) is 2.31. The molecule has 0 spiro atoms. The van der Waals surface area contributed by atoms with Crippen molar-refractivity contribution in [2.45, 2.75) is 33.6 Å². The topological polar surface area (TPSA) is 70.1 Å². The van der Waals surface area contributed by atoms with Crippen molar-refractivity contribution in [3.8, 4) is 0 Å². The van der Waals surface area contributed by atoms with Gasteiger partial charge < -0.3 is 19.6 Å². The Bertz CT molecular complexity index is 338. The second-order valence-corrected chi connectivity index (χ2v) is 5.41. The molecule has 1 saturated heterocycles. The molecule has 0 saturated carbocycles. The number of carbonyl (C=O) groups excluding carboxylic acids is 1. The highest BCUT2D eigenvalue weighted by atomic mass is 16.5. The van der Waals surface area contributed by atoms with Gasteiger partial charge in [0.1, 0.15) is 0 Å². The zero-order valence-electron chi connectivity index (χ0n) is 12.7. The molecule has 0 aromatic heterocycles. The number of piperidine rings is 1. The molecule has 0 aromatic rings. The summed E-state index contributed by atoms with van der Waals surface area (Å²) >= 11 is 0. The van der Waals surface area contributed by atoms with Gasteiger partial charge in [0.05, 0.1) is 12.0 Å². The molecule has 1 aliphatic rings. The Morgan fingerprint density at radius 2 is 1.90 bits per heavy atom. The van der Waals surface area contributed by atoms with Crippen LogP contribution >= 0.6 is 0 Å². The fourth-order valence-corrected chi connectivity index (χ4v) is 2.31. The second kappa shape index (κ2) is 7.47. The first kappa shape index (κ1) is 16.8. The quantitative estimate of drug-likeness (QED) is 0.754. The Balaban J connectivity index is 2.50. The normalized spacial score (nSPS) is 17.9. The van der Waals surface area contributed by atoms with Crippen LogP contribution in [0.1, 0.15) is 33.6 Å². The number of urea groups is 1. The molecular weight excluding hydrogens is 260 g/mol.